The molecule has 0 radical (unpaired) electrons. The normalized spacial score (nSPS) is 45.3. The number of Topliss-reactive ketones (excluding diaryl/α,β-unsaturated/α-hetero) is 1. The van der Waals surface area contributed by atoms with Crippen LogP contribution in [0.5, 0.6) is 0 Å². The number of allylic oxidation sites excluding steroid dienone is 4. The van der Waals surface area contributed by atoms with Gasteiger partial charge in [0, 0.05) is 11.3 Å². The van der Waals surface area contributed by atoms with E-state index >= 15 is 0 Å². The van der Waals surface area contributed by atoms with E-state index in [4.69, 9.17) is 0 Å². The van der Waals surface area contributed by atoms with Crippen LogP contribution in [0.4, 0.5) is 0 Å². The summed E-state index contributed by atoms with van der Waals surface area (Å²) in [5.74, 6) is 0.552. The van der Waals surface area contributed by atoms with Gasteiger partial charge in [0.1, 0.15) is 5.78 Å². The van der Waals surface area contributed by atoms with Crippen LogP contribution < -0.4 is 0 Å². The van der Waals surface area contributed by atoms with Gasteiger partial charge < -0.3 is 10.2 Å². The van der Waals surface area contributed by atoms with E-state index in [0.29, 0.717) is 12.3 Å². The van der Waals surface area contributed by atoms with Gasteiger partial charge in [-0.05, 0) is 96.0 Å². The Kier molecular flexibility index (Phi) is 6.74. The van der Waals surface area contributed by atoms with Gasteiger partial charge in [0.2, 0.25) is 0 Å². The van der Waals surface area contributed by atoms with Crippen molar-refractivity contribution in [3.05, 3.63) is 35.5 Å². The van der Waals surface area contributed by atoms with Crippen molar-refractivity contribution < 1.29 is 15.0 Å². The number of ketones is 1. The van der Waals surface area contributed by atoms with Gasteiger partial charge in [0.05, 0.1) is 12.2 Å². The van der Waals surface area contributed by atoms with Crippen LogP contribution in [0, 0.1) is 44.3 Å². The minimum atomic E-state index is -0.497. The fourth-order valence-corrected chi connectivity index (χ4v) is 9.74. The minimum Gasteiger partial charge on any atom is -0.393 e. The molecule has 0 bridgehead atoms. The lowest BCUT2D eigenvalue weighted by atomic mass is 9.38. The lowest BCUT2D eigenvalue weighted by Crippen LogP contribution is -2.61. The number of aliphatic hydroxyl groups excluding tert-OH is 2. The van der Waals surface area contributed by atoms with Crippen molar-refractivity contribution in [3.8, 4) is 0 Å². The molecule has 0 aliphatic heterocycles. The SMILES string of the molecule is C=C(CC[C@@H](C(C)=O)[C@@]1(C)C[C@H](O)[C@@]2(C)C3=CC[C@@]4(C)C(C)(C)[C@@H](O)CC[C@]4(C)C3=CC[C@]12C)C(C)C. The smallest absolute Gasteiger partial charge is 0.133 e. The third kappa shape index (κ3) is 3.41. The van der Waals surface area contributed by atoms with Crippen molar-refractivity contribution in [2.24, 2.45) is 44.3 Å². The summed E-state index contributed by atoms with van der Waals surface area (Å²) in [4.78, 5) is 13.2. The van der Waals surface area contributed by atoms with Crippen LogP contribution >= 0.6 is 0 Å². The van der Waals surface area contributed by atoms with Crippen molar-refractivity contribution in [1.82, 2.24) is 0 Å². The fraction of sp³-hybridized carbons (Fsp3) is 0.794. The Balaban J connectivity index is 1.81. The molecule has 4 rings (SSSR count). The summed E-state index contributed by atoms with van der Waals surface area (Å²) < 4.78 is 0. The second-order valence-electron chi connectivity index (χ2n) is 15.3. The number of rotatable bonds is 6. The molecule has 4 aliphatic rings. The Morgan fingerprint density at radius 3 is 2.11 bits per heavy atom. The first-order valence-electron chi connectivity index (χ1n) is 14.8. The number of hydrogen-bond donors (Lipinski definition) is 2. The predicted octanol–water partition coefficient (Wildman–Crippen LogP) is 7.82. The zero-order valence-electron chi connectivity index (χ0n) is 25.4. The predicted molar refractivity (Wildman–Crippen MR) is 153 cm³/mol. The maximum Gasteiger partial charge on any atom is 0.133 e. The maximum atomic E-state index is 13.2. The molecule has 8 atom stereocenters. The monoisotopic (exact) mass is 510 g/mol. The van der Waals surface area contributed by atoms with E-state index in [9.17, 15) is 15.0 Å². The van der Waals surface area contributed by atoms with Crippen molar-refractivity contribution >= 4 is 5.78 Å². The van der Waals surface area contributed by atoms with Gasteiger partial charge in [-0.25, -0.2) is 0 Å². The summed E-state index contributed by atoms with van der Waals surface area (Å²) in [7, 11) is 0. The summed E-state index contributed by atoms with van der Waals surface area (Å²) >= 11 is 0. The van der Waals surface area contributed by atoms with E-state index in [0.717, 1.165) is 38.5 Å². The van der Waals surface area contributed by atoms with Gasteiger partial charge in [-0.2, -0.15) is 0 Å². The highest BCUT2D eigenvalue weighted by atomic mass is 16.3. The van der Waals surface area contributed by atoms with Crippen molar-refractivity contribution in [3.63, 3.8) is 0 Å². The molecule has 0 spiro atoms. The van der Waals surface area contributed by atoms with Crippen molar-refractivity contribution in [2.75, 3.05) is 0 Å². The van der Waals surface area contributed by atoms with Crippen LogP contribution in [0.25, 0.3) is 0 Å². The van der Waals surface area contributed by atoms with Crippen LogP contribution in [0.2, 0.25) is 0 Å². The molecule has 4 aliphatic carbocycles. The molecule has 0 aromatic rings. The van der Waals surface area contributed by atoms with E-state index in [2.05, 4.69) is 81.0 Å². The second kappa shape index (κ2) is 8.65. The summed E-state index contributed by atoms with van der Waals surface area (Å²) in [6.45, 7) is 26.6. The van der Waals surface area contributed by atoms with Crippen LogP contribution in [-0.2, 0) is 4.79 Å². The van der Waals surface area contributed by atoms with Gasteiger partial charge in [0.25, 0.3) is 0 Å². The summed E-state index contributed by atoms with van der Waals surface area (Å²) in [5, 5.41) is 23.0. The van der Waals surface area contributed by atoms with E-state index in [1.807, 2.05) is 0 Å². The Hall–Kier alpha value is -1.19. The number of carbonyl (C=O) groups is 1. The second-order valence-corrected chi connectivity index (χ2v) is 15.3. The standard InChI is InChI=1S/C34H54O3/c1-21(2)22(3)12-13-24(23(4)35)31(8)20-28(37)34(11)26-15-18-32(9)29(5,6)27(36)16-17-30(32,7)25(26)14-19-33(31,34)10/h14-15,21,24,27-28,36-37H,3,12-13,16-20H2,1-2,4-11H3/t24-,27-,28-,30+,31+,32-,33+,34+/m0/s1. The lowest BCUT2D eigenvalue weighted by Gasteiger charge is -2.67. The van der Waals surface area contributed by atoms with Gasteiger partial charge in [-0.3, -0.25) is 4.79 Å². The average Bonchev–Trinajstić information content (AvgIpc) is 2.96. The molecular weight excluding hydrogens is 456 g/mol. The maximum absolute atomic E-state index is 13.2. The van der Waals surface area contributed by atoms with E-state index in [1.165, 1.54) is 16.7 Å². The average molecular weight is 511 g/mol. The van der Waals surface area contributed by atoms with Crippen LogP contribution in [0.1, 0.15) is 114 Å². The van der Waals surface area contributed by atoms with E-state index in [1.54, 1.807) is 6.92 Å². The van der Waals surface area contributed by atoms with E-state index < -0.39 is 11.5 Å². The molecule has 2 N–H and O–H groups in total. The van der Waals surface area contributed by atoms with Crippen LogP contribution in [0.3, 0.4) is 0 Å². The number of fused-ring (bicyclic) bond motifs is 5. The molecule has 0 saturated heterocycles. The Labute approximate surface area is 226 Å². The van der Waals surface area contributed by atoms with Gasteiger partial charge in [-0.1, -0.05) is 86.6 Å². The molecule has 0 aromatic carbocycles. The van der Waals surface area contributed by atoms with Crippen LogP contribution in [-0.4, -0.2) is 28.2 Å². The number of hydrogen-bond acceptors (Lipinski definition) is 3. The third-order valence-electron chi connectivity index (χ3n) is 13.8. The zero-order chi connectivity index (χ0) is 28.0. The van der Waals surface area contributed by atoms with Gasteiger partial charge >= 0.3 is 0 Å². The third-order valence-corrected chi connectivity index (χ3v) is 13.8. The lowest BCUT2D eigenvalue weighted by molar-refractivity contribution is -0.149. The molecule has 37 heavy (non-hydrogen) atoms. The van der Waals surface area contributed by atoms with Crippen molar-refractivity contribution in [1.29, 1.82) is 0 Å². The van der Waals surface area contributed by atoms with Gasteiger partial charge in [0.15, 0.2) is 0 Å². The highest BCUT2D eigenvalue weighted by Crippen LogP contribution is 2.77. The molecule has 2 saturated carbocycles. The Morgan fingerprint density at radius 2 is 1.54 bits per heavy atom. The van der Waals surface area contributed by atoms with Gasteiger partial charge in [-0.15, -0.1) is 0 Å². The fourth-order valence-electron chi connectivity index (χ4n) is 9.74. The first kappa shape index (κ1) is 28.8. The minimum absolute atomic E-state index is 0.0577. The summed E-state index contributed by atoms with van der Waals surface area (Å²) in [6.07, 6.45) is 9.96. The zero-order valence-corrected chi connectivity index (χ0v) is 25.4. The summed E-state index contributed by atoms with van der Waals surface area (Å²) in [6, 6.07) is 0. The topological polar surface area (TPSA) is 57.5 Å². The first-order chi connectivity index (χ1) is 16.8. The largest absolute Gasteiger partial charge is 0.393 e. The molecule has 208 valence electrons. The molecule has 0 heterocycles. The Bertz CT molecular complexity index is 1050. The molecule has 0 aromatic heterocycles. The first-order valence-corrected chi connectivity index (χ1v) is 14.8. The molecule has 0 unspecified atom stereocenters. The highest BCUT2D eigenvalue weighted by Gasteiger charge is 2.72. The molecule has 2 fully saturated rings. The van der Waals surface area contributed by atoms with Crippen molar-refractivity contribution in [2.45, 2.75) is 126 Å². The molecule has 3 heteroatoms. The highest BCUT2D eigenvalue weighted by molar-refractivity contribution is 5.79. The Morgan fingerprint density at radius 1 is 0.973 bits per heavy atom. The molecule has 3 nitrogen and oxygen atoms in total. The summed E-state index contributed by atoms with van der Waals surface area (Å²) in [5.41, 5.74) is 2.63. The molecular formula is C34H54O3. The van der Waals surface area contributed by atoms with E-state index in [-0.39, 0.29) is 44.9 Å². The number of carbonyl (C=O) groups excluding carboxylic acids is 1. The van der Waals surface area contributed by atoms with Crippen LogP contribution in [0.15, 0.2) is 35.5 Å². The number of aliphatic hydroxyl groups is 2. The molecule has 0 amide bonds. The quantitative estimate of drug-likeness (QED) is 0.358.